The van der Waals surface area contributed by atoms with Crippen LogP contribution in [0.25, 0.3) is 0 Å². The minimum Gasteiger partial charge on any atom is -0.490 e. The predicted octanol–water partition coefficient (Wildman–Crippen LogP) is 4.86. The molecule has 1 aliphatic rings. The maximum atomic E-state index is 12.8. The SMILES string of the molecule is CCOC(=O)C1=C(C)NC(=S)N[C@@H]1c1ccccc1OCC(=O)NN=Cc1ccc(OCc2cccc(C)c2)c(OCC)c1. The van der Waals surface area contributed by atoms with Gasteiger partial charge < -0.3 is 29.6 Å². The first-order valence-electron chi connectivity index (χ1n) is 14.2. The highest BCUT2D eigenvalue weighted by Gasteiger charge is 2.32. The summed E-state index contributed by atoms with van der Waals surface area (Å²) in [4.78, 5) is 25.4. The molecule has 0 radical (unpaired) electrons. The van der Waals surface area contributed by atoms with E-state index in [0.29, 0.717) is 58.0 Å². The molecule has 1 aliphatic heterocycles. The van der Waals surface area contributed by atoms with Crippen molar-refractivity contribution >= 4 is 35.4 Å². The quantitative estimate of drug-likeness (QED) is 0.107. The fourth-order valence-corrected chi connectivity index (χ4v) is 4.84. The zero-order chi connectivity index (χ0) is 31.5. The van der Waals surface area contributed by atoms with Gasteiger partial charge in [-0.15, -0.1) is 0 Å². The van der Waals surface area contributed by atoms with Crippen LogP contribution in [-0.2, 0) is 20.9 Å². The largest absolute Gasteiger partial charge is 0.490 e. The van der Waals surface area contributed by atoms with E-state index in [0.717, 1.165) is 11.1 Å². The fourth-order valence-electron chi connectivity index (χ4n) is 4.57. The van der Waals surface area contributed by atoms with Crippen molar-refractivity contribution in [2.24, 2.45) is 5.10 Å². The summed E-state index contributed by atoms with van der Waals surface area (Å²) in [5, 5.41) is 10.5. The highest BCUT2D eigenvalue weighted by molar-refractivity contribution is 7.80. The van der Waals surface area contributed by atoms with Crippen molar-refractivity contribution < 1.29 is 28.5 Å². The monoisotopic (exact) mass is 616 g/mol. The first kappa shape index (κ1) is 32.0. The van der Waals surface area contributed by atoms with Crippen molar-refractivity contribution in [3.8, 4) is 17.2 Å². The summed E-state index contributed by atoms with van der Waals surface area (Å²) in [5.74, 6) is 0.656. The number of carbonyl (C=O) groups excluding carboxylic acids is 2. The van der Waals surface area contributed by atoms with Crippen molar-refractivity contribution in [2.75, 3.05) is 19.8 Å². The molecule has 0 spiro atoms. The van der Waals surface area contributed by atoms with Gasteiger partial charge in [0.2, 0.25) is 0 Å². The zero-order valence-electron chi connectivity index (χ0n) is 25.1. The molecule has 0 aliphatic carbocycles. The first-order chi connectivity index (χ1) is 21.3. The molecule has 10 nitrogen and oxygen atoms in total. The molecule has 3 N–H and O–H groups in total. The number of ether oxygens (including phenoxy) is 4. The molecule has 0 unspecified atom stereocenters. The van der Waals surface area contributed by atoms with Gasteiger partial charge in [0, 0.05) is 11.3 Å². The van der Waals surface area contributed by atoms with Gasteiger partial charge in [0.25, 0.3) is 5.91 Å². The number of nitrogens with zero attached hydrogens (tertiary/aromatic N) is 1. The average Bonchev–Trinajstić information content (AvgIpc) is 2.99. The molecule has 1 atom stereocenters. The number of hydrogen-bond acceptors (Lipinski definition) is 8. The van der Waals surface area contributed by atoms with Gasteiger partial charge in [-0.25, -0.2) is 10.2 Å². The Labute approximate surface area is 262 Å². The highest BCUT2D eigenvalue weighted by Crippen LogP contribution is 2.33. The number of rotatable bonds is 13. The van der Waals surface area contributed by atoms with Crippen LogP contribution >= 0.6 is 12.2 Å². The van der Waals surface area contributed by atoms with E-state index >= 15 is 0 Å². The van der Waals surface area contributed by atoms with E-state index in [1.54, 1.807) is 38.1 Å². The number of nitrogens with one attached hydrogen (secondary N) is 3. The molecule has 44 heavy (non-hydrogen) atoms. The van der Waals surface area contributed by atoms with E-state index in [4.69, 9.17) is 31.2 Å². The number of carbonyl (C=O) groups is 2. The Balaban J connectivity index is 1.38. The van der Waals surface area contributed by atoms with Gasteiger partial charge in [0.1, 0.15) is 12.4 Å². The van der Waals surface area contributed by atoms with Gasteiger partial charge in [-0.05, 0) is 75.3 Å². The van der Waals surface area contributed by atoms with Gasteiger partial charge in [-0.3, -0.25) is 4.79 Å². The molecule has 11 heteroatoms. The minimum absolute atomic E-state index is 0.227. The van der Waals surface area contributed by atoms with E-state index in [-0.39, 0.29) is 13.2 Å². The molecule has 0 fully saturated rings. The standard InChI is InChI=1S/C33H36N4O6S/c1-5-40-28-17-23(14-15-27(28)42-19-24-11-9-10-21(3)16-24)18-34-37-29(38)20-43-26-13-8-7-12-25(26)31-30(32(39)41-6-2)22(4)35-33(44)36-31/h7-18,31H,5-6,19-20H2,1-4H3,(H,37,38)(H2,35,36,44)/t31-/m1/s1. The van der Waals surface area contributed by atoms with Crippen LogP contribution < -0.4 is 30.3 Å². The molecule has 4 rings (SSSR count). The second kappa shape index (κ2) is 15.5. The molecule has 0 bridgehead atoms. The van der Waals surface area contributed by atoms with Crippen molar-refractivity contribution in [1.29, 1.82) is 0 Å². The van der Waals surface area contributed by atoms with Gasteiger partial charge in [-0.2, -0.15) is 5.10 Å². The third-order valence-corrected chi connectivity index (χ3v) is 6.72. The number of aryl methyl sites for hydroxylation is 1. The minimum atomic E-state index is -0.622. The summed E-state index contributed by atoms with van der Waals surface area (Å²) in [5.41, 5.74) is 7.01. The Kier molecular flexibility index (Phi) is 11.3. The summed E-state index contributed by atoms with van der Waals surface area (Å²) >= 11 is 5.32. The van der Waals surface area contributed by atoms with Crippen molar-refractivity contribution in [1.82, 2.24) is 16.1 Å². The van der Waals surface area contributed by atoms with E-state index in [1.165, 1.54) is 6.21 Å². The smallest absolute Gasteiger partial charge is 0.338 e. The molecule has 0 aromatic heterocycles. The number of hydrazone groups is 1. The third kappa shape index (κ3) is 8.57. The summed E-state index contributed by atoms with van der Waals surface area (Å²) < 4.78 is 22.9. The van der Waals surface area contributed by atoms with Crippen LogP contribution in [0.1, 0.15) is 49.1 Å². The fraction of sp³-hybridized carbons (Fsp3) is 0.273. The second-order valence-electron chi connectivity index (χ2n) is 9.83. The van der Waals surface area contributed by atoms with E-state index < -0.39 is 17.9 Å². The van der Waals surface area contributed by atoms with Gasteiger partial charge in [0.05, 0.1) is 31.0 Å². The molecule has 0 saturated heterocycles. The molecule has 230 valence electrons. The second-order valence-corrected chi connectivity index (χ2v) is 10.2. The number of amides is 1. The lowest BCUT2D eigenvalue weighted by Gasteiger charge is -2.30. The number of thiocarbonyl (C=S) groups is 1. The number of allylic oxidation sites excluding steroid dienone is 1. The maximum absolute atomic E-state index is 12.8. The summed E-state index contributed by atoms with van der Waals surface area (Å²) in [6.07, 6.45) is 1.51. The predicted molar refractivity (Wildman–Crippen MR) is 172 cm³/mol. The van der Waals surface area contributed by atoms with Gasteiger partial charge in [-0.1, -0.05) is 48.0 Å². The Bertz CT molecular complexity index is 1570. The van der Waals surface area contributed by atoms with E-state index in [1.807, 2.05) is 50.2 Å². The van der Waals surface area contributed by atoms with Crippen LogP contribution in [0.2, 0.25) is 0 Å². The molecular weight excluding hydrogens is 580 g/mol. The summed E-state index contributed by atoms with van der Waals surface area (Å²) in [6, 6.07) is 20.0. The van der Waals surface area contributed by atoms with Crippen LogP contribution in [-0.4, -0.2) is 43.0 Å². The van der Waals surface area contributed by atoms with Crippen LogP contribution in [0.5, 0.6) is 17.2 Å². The third-order valence-electron chi connectivity index (χ3n) is 6.50. The van der Waals surface area contributed by atoms with Crippen LogP contribution in [0.15, 0.2) is 83.1 Å². The Morgan fingerprint density at radius 3 is 2.52 bits per heavy atom. The number of benzene rings is 3. The van der Waals surface area contributed by atoms with E-state index in [2.05, 4.69) is 27.2 Å². The Hall–Kier alpha value is -4.90. The Morgan fingerprint density at radius 1 is 0.932 bits per heavy atom. The van der Waals surface area contributed by atoms with Crippen molar-refractivity contribution in [3.63, 3.8) is 0 Å². The van der Waals surface area contributed by atoms with Crippen molar-refractivity contribution in [3.05, 3.63) is 100 Å². The summed E-state index contributed by atoms with van der Waals surface area (Å²) in [7, 11) is 0. The zero-order valence-corrected chi connectivity index (χ0v) is 26.0. The lowest BCUT2D eigenvalue weighted by atomic mass is 9.95. The normalized spacial score (nSPS) is 14.5. The van der Waals surface area contributed by atoms with Crippen LogP contribution in [0, 0.1) is 6.92 Å². The summed E-state index contributed by atoms with van der Waals surface area (Å²) in [6.45, 7) is 8.23. The molecule has 3 aromatic rings. The molecule has 3 aromatic carbocycles. The van der Waals surface area contributed by atoms with Crippen molar-refractivity contribution in [2.45, 2.75) is 40.3 Å². The van der Waals surface area contributed by atoms with Crippen LogP contribution in [0.3, 0.4) is 0 Å². The van der Waals surface area contributed by atoms with Crippen LogP contribution in [0.4, 0.5) is 0 Å². The highest BCUT2D eigenvalue weighted by atomic mass is 32.1. The first-order valence-corrected chi connectivity index (χ1v) is 14.6. The molecular formula is C33H36N4O6S. The molecule has 1 heterocycles. The maximum Gasteiger partial charge on any atom is 0.338 e. The lowest BCUT2D eigenvalue weighted by molar-refractivity contribution is -0.139. The lowest BCUT2D eigenvalue weighted by Crippen LogP contribution is -2.45. The molecule has 1 amide bonds. The van der Waals surface area contributed by atoms with Gasteiger partial charge in [0.15, 0.2) is 23.2 Å². The number of esters is 1. The molecule has 0 saturated carbocycles. The van der Waals surface area contributed by atoms with E-state index in [9.17, 15) is 9.59 Å². The Morgan fingerprint density at radius 2 is 1.75 bits per heavy atom. The number of para-hydroxylation sites is 1. The van der Waals surface area contributed by atoms with Gasteiger partial charge >= 0.3 is 5.97 Å². The number of hydrogen-bond donors (Lipinski definition) is 3. The average molecular weight is 617 g/mol. The topological polar surface area (TPSA) is 120 Å².